The zero-order valence-corrected chi connectivity index (χ0v) is 19.6. The van der Waals surface area contributed by atoms with Crippen molar-refractivity contribution in [3.05, 3.63) is 26.6 Å². The van der Waals surface area contributed by atoms with Crippen LogP contribution in [0.3, 0.4) is 0 Å². The highest BCUT2D eigenvalue weighted by molar-refractivity contribution is 7.20. The van der Waals surface area contributed by atoms with Crippen LogP contribution in [0.15, 0.2) is 4.79 Å². The molecular formula is C23H32N4O3S. The van der Waals surface area contributed by atoms with Crippen molar-refractivity contribution < 1.29 is 9.59 Å². The number of hydrogen-bond donors (Lipinski definition) is 0. The summed E-state index contributed by atoms with van der Waals surface area (Å²) >= 11 is 1.35. The Morgan fingerprint density at radius 2 is 1.81 bits per heavy atom. The van der Waals surface area contributed by atoms with Crippen LogP contribution in [0.2, 0.25) is 0 Å². The normalized spacial score (nSPS) is 17.5. The number of hydrogen-bond acceptors (Lipinski definition) is 5. The van der Waals surface area contributed by atoms with E-state index in [1.54, 1.807) is 0 Å². The SMILES string of the molecule is CCN(CC)C(=O)C1CCN(C(=O)c2sc3nc4n(c(=O)c3c2C)CCCCC4)CC1. The Morgan fingerprint density at radius 3 is 2.48 bits per heavy atom. The van der Waals surface area contributed by atoms with Gasteiger partial charge in [0.1, 0.15) is 10.7 Å². The van der Waals surface area contributed by atoms with Crippen LogP contribution in [0.4, 0.5) is 0 Å². The van der Waals surface area contributed by atoms with Gasteiger partial charge in [0, 0.05) is 45.1 Å². The number of nitrogens with zero attached hydrogens (tertiary/aromatic N) is 4. The van der Waals surface area contributed by atoms with E-state index in [9.17, 15) is 14.4 Å². The molecule has 1 saturated heterocycles. The molecule has 0 bridgehead atoms. The van der Waals surface area contributed by atoms with Crippen molar-refractivity contribution in [2.75, 3.05) is 26.2 Å². The van der Waals surface area contributed by atoms with Crippen molar-refractivity contribution in [3.63, 3.8) is 0 Å². The standard InChI is InChI=1S/C23H32N4O3S/c1-4-25(5-2)21(28)16-10-13-26(14-11-16)23(30)19-15(3)18-20(31-19)24-17-9-7-6-8-12-27(17)22(18)29/h16H,4-14H2,1-3H3. The Hall–Kier alpha value is -2.22. The molecule has 0 radical (unpaired) electrons. The minimum Gasteiger partial charge on any atom is -0.343 e. The van der Waals surface area contributed by atoms with Crippen molar-refractivity contribution >= 4 is 33.4 Å². The lowest BCUT2D eigenvalue weighted by atomic mass is 9.95. The molecule has 0 aromatic carbocycles. The first kappa shape index (κ1) is 22.0. The highest BCUT2D eigenvalue weighted by atomic mass is 32.1. The third kappa shape index (κ3) is 4.02. The van der Waals surface area contributed by atoms with Gasteiger partial charge in [0.25, 0.3) is 11.5 Å². The van der Waals surface area contributed by atoms with E-state index in [0.29, 0.717) is 47.6 Å². The summed E-state index contributed by atoms with van der Waals surface area (Å²) in [7, 11) is 0. The van der Waals surface area contributed by atoms with Crippen LogP contribution < -0.4 is 5.56 Å². The summed E-state index contributed by atoms with van der Waals surface area (Å²) in [6, 6.07) is 0. The van der Waals surface area contributed by atoms with Gasteiger partial charge in [-0.25, -0.2) is 4.98 Å². The molecule has 2 aliphatic heterocycles. The van der Waals surface area contributed by atoms with E-state index in [4.69, 9.17) is 4.98 Å². The van der Waals surface area contributed by atoms with Crippen molar-refractivity contribution in [1.82, 2.24) is 19.4 Å². The molecule has 0 spiro atoms. The molecule has 7 nitrogen and oxygen atoms in total. The van der Waals surface area contributed by atoms with Gasteiger partial charge in [-0.3, -0.25) is 19.0 Å². The number of aryl methyl sites for hydroxylation is 2. The van der Waals surface area contributed by atoms with Gasteiger partial charge < -0.3 is 9.80 Å². The number of thiophene rings is 1. The monoisotopic (exact) mass is 444 g/mol. The number of rotatable bonds is 4. The van der Waals surface area contributed by atoms with Crippen LogP contribution in [-0.2, 0) is 17.8 Å². The zero-order chi connectivity index (χ0) is 22.1. The lowest BCUT2D eigenvalue weighted by Gasteiger charge is -2.33. The van der Waals surface area contributed by atoms with Crippen LogP contribution >= 0.6 is 11.3 Å². The van der Waals surface area contributed by atoms with Crippen LogP contribution in [0.5, 0.6) is 0 Å². The van der Waals surface area contributed by atoms with E-state index in [1.807, 2.05) is 35.1 Å². The summed E-state index contributed by atoms with van der Waals surface area (Å²) in [5.41, 5.74) is 0.751. The van der Waals surface area contributed by atoms with Crippen molar-refractivity contribution in [2.45, 2.75) is 65.8 Å². The maximum absolute atomic E-state index is 13.3. The third-order valence-corrected chi connectivity index (χ3v) is 7.99. The molecule has 0 saturated carbocycles. The first-order valence-corrected chi connectivity index (χ1v) is 12.4. The molecule has 4 heterocycles. The van der Waals surface area contributed by atoms with E-state index < -0.39 is 0 Å². The number of piperidine rings is 1. The smallest absolute Gasteiger partial charge is 0.264 e. The zero-order valence-electron chi connectivity index (χ0n) is 18.8. The van der Waals surface area contributed by atoms with E-state index in [-0.39, 0.29) is 23.3 Å². The summed E-state index contributed by atoms with van der Waals surface area (Å²) in [6.45, 7) is 9.18. The fourth-order valence-corrected chi connectivity index (χ4v) is 6.04. The molecule has 2 amide bonds. The van der Waals surface area contributed by atoms with Crippen LogP contribution in [-0.4, -0.2) is 57.3 Å². The van der Waals surface area contributed by atoms with Crippen molar-refractivity contribution in [2.24, 2.45) is 5.92 Å². The molecule has 4 rings (SSSR count). The van der Waals surface area contributed by atoms with Crippen molar-refractivity contribution in [1.29, 1.82) is 0 Å². The molecule has 31 heavy (non-hydrogen) atoms. The first-order valence-electron chi connectivity index (χ1n) is 11.6. The number of aromatic nitrogens is 2. The minimum absolute atomic E-state index is 0.00164. The second-order valence-electron chi connectivity index (χ2n) is 8.61. The molecule has 0 unspecified atom stereocenters. The molecule has 2 aliphatic rings. The molecule has 8 heteroatoms. The summed E-state index contributed by atoms with van der Waals surface area (Å²) in [6.07, 6.45) is 5.37. The quantitative estimate of drug-likeness (QED) is 0.726. The van der Waals surface area contributed by atoms with Crippen LogP contribution in [0.25, 0.3) is 10.2 Å². The van der Waals surface area contributed by atoms with Gasteiger partial charge in [-0.15, -0.1) is 11.3 Å². The highest BCUT2D eigenvalue weighted by Gasteiger charge is 2.31. The summed E-state index contributed by atoms with van der Waals surface area (Å²) in [4.78, 5) is 48.9. The van der Waals surface area contributed by atoms with E-state index in [1.165, 1.54) is 11.3 Å². The van der Waals surface area contributed by atoms with Crippen LogP contribution in [0, 0.1) is 12.8 Å². The van der Waals surface area contributed by atoms with Gasteiger partial charge in [0.2, 0.25) is 5.91 Å². The summed E-state index contributed by atoms with van der Waals surface area (Å²) in [5, 5.41) is 0.602. The number of carbonyl (C=O) groups excluding carboxylic acids is 2. The third-order valence-electron chi connectivity index (χ3n) is 6.81. The van der Waals surface area contributed by atoms with E-state index >= 15 is 0 Å². The molecule has 168 valence electrons. The summed E-state index contributed by atoms with van der Waals surface area (Å²) < 4.78 is 1.81. The predicted octanol–water partition coefficient (Wildman–Crippen LogP) is 3.21. The molecular weight excluding hydrogens is 412 g/mol. The Kier molecular flexibility index (Phi) is 6.46. The van der Waals surface area contributed by atoms with Gasteiger partial charge in [-0.1, -0.05) is 6.42 Å². The Labute approximate surface area is 187 Å². The second kappa shape index (κ2) is 9.10. The fraction of sp³-hybridized carbons (Fsp3) is 0.652. The van der Waals surface area contributed by atoms with Gasteiger partial charge >= 0.3 is 0 Å². The predicted molar refractivity (Wildman–Crippen MR) is 123 cm³/mol. The second-order valence-corrected chi connectivity index (χ2v) is 9.61. The van der Waals surface area contributed by atoms with Crippen LogP contribution in [0.1, 0.15) is 67.0 Å². The molecule has 0 aliphatic carbocycles. The van der Waals surface area contributed by atoms with Gasteiger partial charge in [0.15, 0.2) is 0 Å². The summed E-state index contributed by atoms with van der Waals surface area (Å²) in [5.74, 6) is 1.02. The molecule has 0 N–H and O–H groups in total. The number of amides is 2. The van der Waals surface area contributed by atoms with E-state index in [2.05, 4.69) is 0 Å². The molecule has 0 atom stereocenters. The molecule has 2 aromatic heterocycles. The number of likely N-dealkylation sites (tertiary alicyclic amines) is 1. The Bertz CT molecular complexity index is 1050. The first-order chi connectivity index (χ1) is 15.0. The van der Waals surface area contributed by atoms with Gasteiger partial charge in [-0.05, 0) is 52.0 Å². The number of fused-ring (bicyclic) bond motifs is 2. The molecule has 1 fully saturated rings. The Morgan fingerprint density at radius 1 is 1.10 bits per heavy atom. The topological polar surface area (TPSA) is 75.5 Å². The largest absolute Gasteiger partial charge is 0.343 e. The highest BCUT2D eigenvalue weighted by Crippen LogP contribution is 2.31. The maximum Gasteiger partial charge on any atom is 0.264 e. The minimum atomic E-state index is -0.0335. The average Bonchev–Trinajstić information content (AvgIpc) is 2.95. The lowest BCUT2D eigenvalue weighted by molar-refractivity contribution is -0.136. The lowest BCUT2D eigenvalue weighted by Crippen LogP contribution is -2.44. The fourth-order valence-electron chi connectivity index (χ4n) is 4.88. The molecule has 2 aromatic rings. The van der Waals surface area contributed by atoms with Gasteiger partial charge in [0.05, 0.1) is 10.3 Å². The maximum atomic E-state index is 13.3. The van der Waals surface area contributed by atoms with Gasteiger partial charge in [-0.2, -0.15) is 0 Å². The average molecular weight is 445 g/mol. The van der Waals surface area contributed by atoms with Crippen molar-refractivity contribution in [3.8, 4) is 0 Å². The number of carbonyl (C=O) groups is 2. The Balaban J connectivity index is 1.55. The van der Waals surface area contributed by atoms with E-state index in [0.717, 1.165) is 50.2 Å².